The minimum Gasteiger partial charge on any atom is -0.497 e. The van der Waals surface area contributed by atoms with Crippen LogP contribution in [0.1, 0.15) is 31.2 Å². The second-order valence-corrected chi connectivity index (χ2v) is 10.5. The minimum absolute atomic E-state index is 0.0473. The molecular formula is C28H32N4O7S. The van der Waals surface area contributed by atoms with Gasteiger partial charge in [0, 0.05) is 38.7 Å². The van der Waals surface area contributed by atoms with E-state index in [1.807, 2.05) is 24.3 Å². The van der Waals surface area contributed by atoms with Gasteiger partial charge in [-0.1, -0.05) is 23.9 Å². The quantitative estimate of drug-likeness (QED) is 0.250. The van der Waals surface area contributed by atoms with Crippen molar-refractivity contribution < 1.29 is 28.5 Å². The molecule has 2 aliphatic heterocycles. The van der Waals surface area contributed by atoms with E-state index >= 15 is 0 Å². The second-order valence-electron chi connectivity index (χ2n) is 9.53. The summed E-state index contributed by atoms with van der Waals surface area (Å²) in [6.45, 7) is 1.94. The summed E-state index contributed by atoms with van der Waals surface area (Å²) in [5.74, 6) is 1.58. The van der Waals surface area contributed by atoms with Gasteiger partial charge in [0.1, 0.15) is 5.75 Å². The van der Waals surface area contributed by atoms with E-state index in [1.165, 1.54) is 16.3 Å². The van der Waals surface area contributed by atoms with E-state index in [0.29, 0.717) is 47.1 Å². The summed E-state index contributed by atoms with van der Waals surface area (Å²) in [6.07, 6.45) is 2.63. The lowest BCUT2D eigenvalue weighted by Crippen LogP contribution is -2.33. The van der Waals surface area contributed by atoms with Crippen LogP contribution in [0.15, 0.2) is 46.3 Å². The third-order valence-corrected chi connectivity index (χ3v) is 7.71. The van der Waals surface area contributed by atoms with Crippen molar-refractivity contribution in [3.05, 3.63) is 52.3 Å². The molecule has 0 bridgehead atoms. The molecule has 2 aromatic carbocycles. The van der Waals surface area contributed by atoms with Crippen LogP contribution in [0.3, 0.4) is 0 Å². The number of aromatic nitrogens is 2. The molecule has 0 aliphatic carbocycles. The molecule has 11 nitrogen and oxygen atoms in total. The summed E-state index contributed by atoms with van der Waals surface area (Å²) >= 11 is 1.19. The van der Waals surface area contributed by atoms with Crippen molar-refractivity contribution in [1.29, 1.82) is 0 Å². The van der Waals surface area contributed by atoms with E-state index in [1.54, 1.807) is 19.2 Å². The fourth-order valence-corrected chi connectivity index (χ4v) is 5.40. The third-order valence-electron chi connectivity index (χ3n) is 6.73. The zero-order valence-corrected chi connectivity index (χ0v) is 23.1. The van der Waals surface area contributed by atoms with E-state index in [4.69, 9.17) is 18.9 Å². The molecule has 0 saturated carbocycles. The van der Waals surface area contributed by atoms with Crippen LogP contribution in [-0.4, -0.2) is 60.3 Å². The first-order chi connectivity index (χ1) is 19.5. The van der Waals surface area contributed by atoms with Crippen LogP contribution in [0.4, 0.5) is 0 Å². The average molecular weight is 569 g/mol. The number of methoxy groups -OCH3 is 1. The predicted octanol–water partition coefficient (Wildman–Crippen LogP) is 2.62. The van der Waals surface area contributed by atoms with Crippen molar-refractivity contribution >= 4 is 34.5 Å². The number of fused-ring (bicyclic) bond motifs is 2. The molecule has 5 rings (SSSR count). The molecule has 2 amide bonds. The zero-order valence-electron chi connectivity index (χ0n) is 22.3. The Hall–Kier alpha value is -3.77. The minimum atomic E-state index is -0.260. The molecule has 0 unspecified atom stereocenters. The summed E-state index contributed by atoms with van der Waals surface area (Å²) < 4.78 is 23.1. The van der Waals surface area contributed by atoms with E-state index in [9.17, 15) is 14.4 Å². The van der Waals surface area contributed by atoms with Gasteiger partial charge in [0.25, 0.3) is 5.56 Å². The molecule has 0 radical (unpaired) electrons. The number of amides is 2. The topological polar surface area (TPSA) is 130 Å². The van der Waals surface area contributed by atoms with Crippen molar-refractivity contribution in [2.75, 3.05) is 32.8 Å². The molecule has 3 heterocycles. The van der Waals surface area contributed by atoms with Crippen molar-refractivity contribution in [2.45, 2.75) is 50.0 Å². The largest absolute Gasteiger partial charge is 0.497 e. The number of carbonyl (C=O) groups is 2. The lowest BCUT2D eigenvalue weighted by molar-refractivity contribution is -0.121. The second kappa shape index (κ2) is 13.1. The summed E-state index contributed by atoms with van der Waals surface area (Å²) in [5, 5.41) is 6.60. The standard InChI is InChI=1S/C28H32N4O7S/c1-36-19-8-6-18(7-9-19)14-29-25(33)5-2-10-32-27(35)21-12-23-24(39-17-38-23)13-22(21)31-28(32)40-16-26(34)30-15-20-4-3-11-37-20/h6-9,12-13,20H,2-5,10-11,14-17H2,1H3,(H,29,33)(H,30,34)/t20-/m0/s1. The summed E-state index contributed by atoms with van der Waals surface area (Å²) in [6, 6.07) is 10.8. The van der Waals surface area contributed by atoms with Crippen LogP contribution in [0.2, 0.25) is 0 Å². The third kappa shape index (κ3) is 6.86. The fraction of sp³-hybridized carbons (Fsp3) is 0.429. The molecule has 1 fully saturated rings. The molecule has 1 saturated heterocycles. The molecular weight excluding hydrogens is 536 g/mol. The van der Waals surface area contributed by atoms with Crippen molar-refractivity contribution in [3.8, 4) is 17.2 Å². The molecule has 1 aromatic heterocycles. The highest BCUT2D eigenvalue weighted by molar-refractivity contribution is 7.99. The molecule has 12 heteroatoms. The molecule has 3 aromatic rings. The molecule has 40 heavy (non-hydrogen) atoms. The number of hydrogen-bond donors (Lipinski definition) is 2. The van der Waals surface area contributed by atoms with Gasteiger partial charge in [-0.15, -0.1) is 0 Å². The summed E-state index contributed by atoms with van der Waals surface area (Å²) in [4.78, 5) is 43.2. The van der Waals surface area contributed by atoms with Gasteiger partial charge >= 0.3 is 0 Å². The van der Waals surface area contributed by atoms with E-state index < -0.39 is 0 Å². The maximum atomic E-state index is 13.5. The lowest BCUT2D eigenvalue weighted by atomic mass is 10.2. The van der Waals surface area contributed by atoms with Crippen LogP contribution in [-0.2, 0) is 27.4 Å². The number of nitrogens with zero attached hydrogens (tertiary/aromatic N) is 2. The average Bonchev–Trinajstić information content (AvgIpc) is 3.66. The first-order valence-corrected chi connectivity index (χ1v) is 14.2. The maximum Gasteiger partial charge on any atom is 0.262 e. The SMILES string of the molecule is COc1ccc(CNC(=O)CCCn2c(SCC(=O)NC[C@@H]3CCCO3)nc3cc4c(cc3c2=O)OCO4)cc1. The Morgan fingerprint density at radius 2 is 1.93 bits per heavy atom. The normalized spacial score (nSPS) is 15.8. The summed E-state index contributed by atoms with van der Waals surface area (Å²) in [7, 11) is 1.60. The fourth-order valence-electron chi connectivity index (χ4n) is 4.54. The maximum absolute atomic E-state index is 13.5. The number of rotatable bonds is 12. The smallest absolute Gasteiger partial charge is 0.262 e. The number of hydrogen-bond acceptors (Lipinski definition) is 9. The lowest BCUT2D eigenvalue weighted by Gasteiger charge is -2.14. The van der Waals surface area contributed by atoms with E-state index in [-0.39, 0.29) is 49.0 Å². The Bertz CT molecular complexity index is 1420. The Labute approximate surface area is 235 Å². The number of carbonyl (C=O) groups excluding carboxylic acids is 2. The molecule has 1 atom stereocenters. The van der Waals surface area contributed by atoms with Crippen LogP contribution < -0.4 is 30.4 Å². The van der Waals surface area contributed by atoms with Crippen LogP contribution >= 0.6 is 11.8 Å². The number of nitrogens with one attached hydrogen (secondary N) is 2. The molecule has 2 aliphatic rings. The Kier molecular flexibility index (Phi) is 9.07. The first kappa shape index (κ1) is 27.8. The number of thioether (sulfide) groups is 1. The molecule has 2 N–H and O–H groups in total. The van der Waals surface area contributed by atoms with Crippen LogP contribution in [0.5, 0.6) is 17.2 Å². The van der Waals surface area contributed by atoms with Gasteiger partial charge in [-0.3, -0.25) is 19.0 Å². The predicted molar refractivity (Wildman–Crippen MR) is 149 cm³/mol. The van der Waals surface area contributed by atoms with Crippen molar-refractivity contribution in [3.63, 3.8) is 0 Å². The van der Waals surface area contributed by atoms with Gasteiger partial charge in [-0.05, 0) is 43.0 Å². The zero-order chi connectivity index (χ0) is 27.9. The van der Waals surface area contributed by atoms with Gasteiger partial charge < -0.3 is 29.6 Å². The van der Waals surface area contributed by atoms with Crippen LogP contribution in [0.25, 0.3) is 10.9 Å². The highest BCUT2D eigenvalue weighted by atomic mass is 32.2. The highest BCUT2D eigenvalue weighted by Crippen LogP contribution is 2.35. The Morgan fingerprint density at radius 3 is 2.67 bits per heavy atom. The van der Waals surface area contributed by atoms with Gasteiger partial charge in [0.05, 0.1) is 29.9 Å². The molecule has 212 valence electrons. The Morgan fingerprint density at radius 1 is 1.12 bits per heavy atom. The first-order valence-electron chi connectivity index (χ1n) is 13.2. The van der Waals surface area contributed by atoms with Gasteiger partial charge in [-0.2, -0.15) is 0 Å². The number of benzene rings is 2. The van der Waals surface area contributed by atoms with Gasteiger partial charge in [0.2, 0.25) is 18.6 Å². The number of ether oxygens (including phenoxy) is 4. The summed E-state index contributed by atoms with van der Waals surface area (Å²) in [5.41, 5.74) is 1.16. The van der Waals surface area contributed by atoms with Crippen LogP contribution in [0, 0.1) is 0 Å². The van der Waals surface area contributed by atoms with Gasteiger partial charge in [-0.25, -0.2) is 4.98 Å². The monoisotopic (exact) mass is 568 g/mol. The van der Waals surface area contributed by atoms with E-state index in [0.717, 1.165) is 30.8 Å². The van der Waals surface area contributed by atoms with Gasteiger partial charge in [0.15, 0.2) is 16.7 Å². The van der Waals surface area contributed by atoms with Crippen molar-refractivity contribution in [2.24, 2.45) is 0 Å². The van der Waals surface area contributed by atoms with E-state index in [2.05, 4.69) is 15.6 Å². The Balaban J connectivity index is 1.24. The van der Waals surface area contributed by atoms with Crippen molar-refractivity contribution in [1.82, 2.24) is 20.2 Å². The highest BCUT2D eigenvalue weighted by Gasteiger charge is 2.21. The molecule has 0 spiro atoms.